The topological polar surface area (TPSA) is 58.3 Å². The Morgan fingerprint density at radius 2 is 2.14 bits per heavy atom. The van der Waals surface area contributed by atoms with Gasteiger partial charge in [0.15, 0.2) is 0 Å². The summed E-state index contributed by atoms with van der Waals surface area (Å²) in [5, 5.41) is 11.8. The van der Waals surface area contributed by atoms with Gasteiger partial charge in [0, 0.05) is 6.61 Å². The second kappa shape index (κ2) is 5.78. The Hall–Kier alpha value is -0.870. The molecule has 4 heteroatoms. The summed E-state index contributed by atoms with van der Waals surface area (Å²) in [4.78, 5) is 4.25. The number of nitrogens with zero attached hydrogens (tertiary/aromatic N) is 1. The van der Waals surface area contributed by atoms with Crippen molar-refractivity contribution in [3.8, 4) is 0 Å². The number of aryl methyl sites for hydroxylation is 2. The number of hydrogen-bond donors (Lipinski definition) is 2. The summed E-state index contributed by atoms with van der Waals surface area (Å²) in [6, 6.07) is 0. The minimum Gasteiger partial charge on any atom is -0.444 e. The number of aliphatic hydroxyl groups excluding tert-OH is 1. The Kier molecular flexibility index (Phi) is 4.62. The SMILES string of the molecule is Cc1nc(CNCCCCO)oc1C. The molecule has 0 radical (unpaired) electrons. The molecule has 0 saturated heterocycles. The van der Waals surface area contributed by atoms with Gasteiger partial charge in [0.25, 0.3) is 0 Å². The van der Waals surface area contributed by atoms with Crippen LogP contribution in [-0.4, -0.2) is 23.2 Å². The quantitative estimate of drug-likeness (QED) is 0.673. The molecule has 0 unspecified atom stereocenters. The molecule has 14 heavy (non-hydrogen) atoms. The van der Waals surface area contributed by atoms with E-state index >= 15 is 0 Å². The standard InChI is InChI=1S/C10H18N2O2/c1-8-9(2)14-10(12-8)7-11-5-3-4-6-13/h11,13H,3-7H2,1-2H3. The summed E-state index contributed by atoms with van der Waals surface area (Å²) in [6.07, 6.45) is 1.83. The predicted octanol–water partition coefficient (Wildman–Crippen LogP) is 1.15. The van der Waals surface area contributed by atoms with Gasteiger partial charge in [-0.3, -0.25) is 0 Å². The van der Waals surface area contributed by atoms with E-state index in [1.165, 1.54) is 0 Å². The molecule has 0 aliphatic carbocycles. The van der Waals surface area contributed by atoms with E-state index in [1.54, 1.807) is 0 Å². The first-order valence-electron chi connectivity index (χ1n) is 4.98. The predicted molar refractivity (Wildman–Crippen MR) is 54.0 cm³/mol. The maximum absolute atomic E-state index is 8.56. The Bertz CT molecular complexity index is 252. The van der Waals surface area contributed by atoms with Crippen LogP contribution in [0.15, 0.2) is 4.42 Å². The van der Waals surface area contributed by atoms with Gasteiger partial charge in [0.2, 0.25) is 5.89 Å². The van der Waals surface area contributed by atoms with E-state index in [1.807, 2.05) is 13.8 Å². The lowest BCUT2D eigenvalue weighted by Crippen LogP contribution is -2.15. The largest absolute Gasteiger partial charge is 0.444 e. The highest BCUT2D eigenvalue weighted by molar-refractivity contribution is 5.04. The minimum atomic E-state index is 0.263. The number of nitrogens with one attached hydrogen (secondary N) is 1. The number of rotatable bonds is 6. The maximum atomic E-state index is 8.56. The van der Waals surface area contributed by atoms with Gasteiger partial charge in [-0.05, 0) is 33.2 Å². The fourth-order valence-corrected chi connectivity index (χ4v) is 1.17. The molecular formula is C10H18N2O2. The number of unbranched alkanes of at least 4 members (excludes halogenated alkanes) is 1. The molecule has 80 valence electrons. The van der Waals surface area contributed by atoms with Crippen molar-refractivity contribution in [2.45, 2.75) is 33.2 Å². The molecule has 1 aromatic rings. The lowest BCUT2D eigenvalue weighted by atomic mass is 10.3. The molecule has 1 heterocycles. The fraction of sp³-hybridized carbons (Fsp3) is 0.700. The molecule has 0 aliphatic heterocycles. The molecule has 0 spiro atoms. The van der Waals surface area contributed by atoms with Gasteiger partial charge in [-0.15, -0.1) is 0 Å². The highest BCUT2D eigenvalue weighted by Crippen LogP contribution is 2.07. The fourth-order valence-electron chi connectivity index (χ4n) is 1.17. The zero-order valence-electron chi connectivity index (χ0n) is 8.84. The van der Waals surface area contributed by atoms with E-state index < -0.39 is 0 Å². The van der Waals surface area contributed by atoms with E-state index in [2.05, 4.69) is 10.3 Å². The Balaban J connectivity index is 2.18. The summed E-state index contributed by atoms with van der Waals surface area (Å²) in [7, 11) is 0. The van der Waals surface area contributed by atoms with Crippen molar-refractivity contribution in [1.82, 2.24) is 10.3 Å². The van der Waals surface area contributed by atoms with Gasteiger partial charge in [-0.1, -0.05) is 0 Å². The van der Waals surface area contributed by atoms with Crippen LogP contribution in [0.4, 0.5) is 0 Å². The van der Waals surface area contributed by atoms with Crippen molar-refractivity contribution in [3.05, 3.63) is 17.3 Å². The van der Waals surface area contributed by atoms with Crippen LogP contribution in [0.25, 0.3) is 0 Å². The summed E-state index contributed by atoms with van der Waals surface area (Å²) in [5.74, 6) is 1.63. The molecule has 1 aromatic heterocycles. The molecule has 0 fully saturated rings. The number of aromatic nitrogens is 1. The zero-order valence-corrected chi connectivity index (χ0v) is 8.84. The molecule has 0 saturated carbocycles. The van der Waals surface area contributed by atoms with Gasteiger partial charge in [0.1, 0.15) is 5.76 Å². The molecule has 0 amide bonds. The maximum Gasteiger partial charge on any atom is 0.208 e. The first-order valence-corrected chi connectivity index (χ1v) is 4.98. The molecule has 0 aliphatic rings. The Morgan fingerprint density at radius 1 is 1.36 bits per heavy atom. The zero-order chi connectivity index (χ0) is 10.4. The summed E-state index contributed by atoms with van der Waals surface area (Å²) >= 11 is 0. The van der Waals surface area contributed by atoms with Crippen molar-refractivity contribution in [2.75, 3.05) is 13.2 Å². The smallest absolute Gasteiger partial charge is 0.208 e. The number of hydrogen-bond acceptors (Lipinski definition) is 4. The average Bonchev–Trinajstić information content (AvgIpc) is 2.46. The average molecular weight is 198 g/mol. The molecule has 0 aromatic carbocycles. The first kappa shape index (κ1) is 11.2. The highest BCUT2D eigenvalue weighted by Gasteiger charge is 2.03. The summed E-state index contributed by atoms with van der Waals surface area (Å²) < 4.78 is 5.40. The van der Waals surface area contributed by atoms with Gasteiger partial charge >= 0.3 is 0 Å². The highest BCUT2D eigenvalue weighted by atomic mass is 16.4. The van der Waals surface area contributed by atoms with Crippen LogP contribution < -0.4 is 5.32 Å². The van der Waals surface area contributed by atoms with Gasteiger partial charge in [0.05, 0.1) is 12.2 Å². The van der Waals surface area contributed by atoms with Crippen LogP contribution in [-0.2, 0) is 6.54 Å². The third kappa shape index (κ3) is 3.47. The molecule has 2 N–H and O–H groups in total. The van der Waals surface area contributed by atoms with Gasteiger partial charge in [-0.2, -0.15) is 0 Å². The minimum absolute atomic E-state index is 0.263. The van der Waals surface area contributed by atoms with Gasteiger partial charge < -0.3 is 14.8 Å². The van der Waals surface area contributed by atoms with Gasteiger partial charge in [-0.25, -0.2) is 4.98 Å². The lowest BCUT2D eigenvalue weighted by Gasteiger charge is -1.99. The number of aliphatic hydroxyl groups is 1. The van der Waals surface area contributed by atoms with Crippen molar-refractivity contribution in [1.29, 1.82) is 0 Å². The summed E-state index contributed by atoms with van der Waals surface area (Å²) in [6.45, 7) is 5.67. The van der Waals surface area contributed by atoms with E-state index in [9.17, 15) is 0 Å². The van der Waals surface area contributed by atoms with Crippen LogP contribution in [0.5, 0.6) is 0 Å². The van der Waals surface area contributed by atoms with Crippen LogP contribution in [0.2, 0.25) is 0 Å². The van der Waals surface area contributed by atoms with Crippen LogP contribution >= 0.6 is 0 Å². The van der Waals surface area contributed by atoms with Crippen molar-refractivity contribution < 1.29 is 9.52 Å². The van der Waals surface area contributed by atoms with E-state index in [-0.39, 0.29) is 6.61 Å². The van der Waals surface area contributed by atoms with Crippen LogP contribution in [0, 0.1) is 13.8 Å². The third-order valence-electron chi connectivity index (χ3n) is 2.11. The second-order valence-electron chi connectivity index (χ2n) is 3.36. The van der Waals surface area contributed by atoms with Crippen LogP contribution in [0.1, 0.15) is 30.2 Å². The first-order chi connectivity index (χ1) is 6.74. The molecular weight excluding hydrogens is 180 g/mol. The molecule has 1 rings (SSSR count). The van der Waals surface area contributed by atoms with Crippen LogP contribution in [0.3, 0.4) is 0 Å². The summed E-state index contributed by atoms with van der Waals surface area (Å²) in [5.41, 5.74) is 0.956. The van der Waals surface area contributed by atoms with Crippen molar-refractivity contribution in [2.24, 2.45) is 0 Å². The van der Waals surface area contributed by atoms with E-state index in [4.69, 9.17) is 9.52 Å². The van der Waals surface area contributed by atoms with E-state index in [0.717, 1.165) is 36.7 Å². The van der Waals surface area contributed by atoms with E-state index in [0.29, 0.717) is 6.54 Å². The molecule has 0 bridgehead atoms. The van der Waals surface area contributed by atoms with Crippen molar-refractivity contribution in [3.63, 3.8) is 0 Å². The Morgan fingerprint density at radius 3 is 2.71 bits per heavy atom. The lowest BCUT2D eigenvalue weighted by molar-refractivity contribution is 0.283. The van der Waals surface area contributed by atoms with Crippen molar-refractivity contribution >= 4 is 0 Å². The molecule has 0 atom stereocenters. The second-order valence-corrected chi connectivity index (χ2v) is 3.36. The Labute approximate surface area is 84.3 Å². The monoisotopic (exact) mass is 198 g/mol. The molecule has 4 nitrogen and oxygen atoms in total. The third-order valence-corrected chi connectivity index (χ3v) is 2.11. The normalized spacial score (nSPS) is 10.8. The number of oxazole rings is 1.